The maximum atomic E-state index is 14.3. The highest BCUT2D eigenvalue weighted by molar-refractivity contribution is 5.78. The number of unbranched alkanes of at least 4 members (excludes halogenated alkanes) is 9. The van der Waals surface area contributed by atoms with Gasteiger partial charge >= 0.3 is 18.0 Å². The first-order valence-corrected chi connectivity index (χ1v) is 14.1. The van der Waals surface area contributed by atoms with E-state index in [4.69, 9.17) is 14.6 Å². The van der Waals surface area contributed by atoms with Crippen molar-refractivity contribution < 1.29 is 38.1 Å². The maximum absolute atomic E-state index is 14.3. The molecule has 39 heavy (non-hydrogen) atoms. The first kappa shape index (κ1) is 32.7. The lowest BCUT2D eigenvalue weighted by Gasteiger charge is -2.33. The molecule has 1 fully saturated rings. The minimum atomic E-state index is -3.78. The molecular formula is C28H45F2N3O6. The third-order valence-corrected chi connectivity index (χ3v) is 6.62. The number of carbonyl (C=O) groups excluding carboxylic acids is 2. The number of allylic oxidation sites excluding steroid dienone is 4. The fraction of sp³-hybridized carbons (Fsp3) is 0.714. The van der Waals surface area contributed by atoms with E-state index in [2.05, 4.69) is 41.9 Å². The Balaban J connectivity index is 1.50. The summed E-state index contributed by atoms with van der Waals surface area (Å²) >= 11 is 0. The van der Waals surface area contributed by atoms with Crippen molar-refractivity contribution in [2.75, 3.05) is 13.2 Å². The number of ether oxygens (including phenoxy) is 2. The van der Waals surface area contributed by atoms with Crippen LogP contribution in [0, 0.1) is 0 Å². The number of nitrogens with zero attached hydrogens (tertiary/aromatic N) is 1. The van der Waals surface area contributed by atoms with Crippen molar-refractivity contribution >= 4 is 12.1 Å². The molecule has 0 aromatic carbocycles. The minimum Gasteiger partial charge on any atom is -0.450 e. The van der Waals surface area contributed by atoms with E-state index >= 15 is 0 Å². The summed E-state index contributed by atoms with van der Waals surface area (Å²) in [5.41, 5.74) is 0. The zero-order chi connectivity index (χ0) is 28.5. The monoisotopic (exact) mass is 557 g/mol. The second-order valence-corrected chi connectivity index (χ2v) is 9.87. The smallest absolute Gasteiger partial charge is 0.409 e. The Kier molecular flexibility index (Phi) is 15.1. The summed E-state index contributed by atoms with van der Waals surface area (Å²) in [6.45, 7) is 1.63. The average molecular weight is 558 g/mol. The summed E-state index contributed by atoms with van der Waals surface area (Å²) in [6.07, 6.45) is 17.1. The topological polar surface area (TPSA) is 120 Å². The number of alkyl carbamates (subject to hydrolysis) is 1. The number of alkyl halides is 2. The van der Waals surface area contributed by atoms with Crippen LogP contribution in [-0.4, -0.2) is 71.0 Å². The summed E-state index contributed by atoms with van der Waals surface area (Å²) in [5.74, 6) is -3.78. The molecule has 222 valence electrons. The van der Waals surface area contributed by atoms with E-state index in [1.807, 2.05) is 0 Å². The van der Waals surface area contributed by atoms with Crippen LogP contribution in [0.1, 0.15) is 84.0 Å². The van der Waals surface area contributed by atoms with Gasteiger partial charge in [-0.1, -0.05) is 69.8 Å². The second-order valence-electron chi connectivity index (χ2n) is 9.87. The highest BCUT2D eigenvalue weighted by Gasteiger charge is 2.61. The molecule has 2 heterocycles. The number of aliphatic hydroxyl groups excluding tert-OH is 2. The first-order valence-electron chi connectivity index (χ1n) is 14.1. The number of aliphatic hydroxyl groups is 2. The fourth-order valence-corrected chi connectivity index (χ4v) is 4.31. The third-order valence-electron chi connectivity index (χ3n) is 6.62. The van der Waals surface area contributed by atoms with E-state index < -0.39 is 49.3 Å². The van der Waals surface area contributed by atoms with Gasteiger partial charge in [0.15, 0.2) is 6.10 Å². The van der Waals surface area contributed by atoms with Gasteiger partial charge in [0.2, 0.25) is 6.23 Å². The van der Waals surface area contributed by atoms with E-state index in [1.165, 1.54) is 44.6 Å². The van der Waals surface area contributed by atoms with Crippen LogP contribution in [0.2, 0.25) is 0 Å². The van der Waals surface area contributed by atoms with Crippen LogP contribution in [0.5, 0.6) is 0 Å². The van der Waals surface area contributed by atoms with Gasteiger partial charge in [0.25, 0.3) is 0 Å². The Hall–Kier alpha value is -2.50. The number of halogens is 2. The fourth-order valence-electron chi connectivity index (χ4n) is 4.31. The van der Waals surface area contributed by atoms with Crippen LogP contribution in [-0.2, 0) is 9.47 Å². The Morgan fingerprint density at radius 1 is 1.10 bits per heavy atom. The number of urea groups is 1. The molecule has 0 bridgehead atoms. The molecule has 2 aliphatic heterocycles. The number of hydrogen-bond acceptors (Lipinski definition) is 6. The number of nitrogens with one attached hydrogen (secondary N) is 2. The predicted molar refractivity (Wildman–Crippen MR) is 144 cm³/mol. The summed E-state index contributed by atoms with van der Waals surface area (Å²) in [5, 5.41) is 23.5. The molecule has 2 aliphatic rings. The van der Waals surface area contributed by atoms with E-state index in [9.17, 15) is 23.5 Å². The molecule has 0 aromatic rings. The zero-order valence-corrected chi connectivity index (χ0v) is 22.9. The third kappa shape index (κ3) is 11.3. The van der Waals surface area contributed by atoms with Crippen molar-refractivity contribution in [3.63, 3.8) is 0 Å². The molecule has 4 atom stereocenters. The molecule has 0 spiro atoms. The van der Waals surface area contributed by atoms with Gasteiger partial charge in [-0.05, 0) is 44.6 Å². The first-order chi connectivity index (χ1) is 18.8. The van der Waals surface area contributed by atoms with Crippen molar-refractivity contribution in [2.45, 2.75) is 114 Å². The van der Waals surface area contributed by atoms with Gasteiger partial charge in [0, 0.05) is 6.20 Å². The standard InChI is InChI=1S/C28H45F2N3O6/c1-2-3-4-5-6-7-8-9-10-11-12-13-14-15-16-17-20-38-27(37)32-23-18-19-33(26(36)31-23)25-28(29,30)24(35)22(21-34)39-25/h6-7,9-10,18-19,22-25,34-35H,2-5,8,11-17,20-21H2,1H3,(H,31,36)(H,32,37)/b7-6-,10-9-/t22-,23?,24-,25-/m1/s1. The molecule has 9 nitrogen and oxygen atoms in total. The summed E-state index contributed by atoms with van der Waals surface area (Å²) in [6, 6.07) is -0.955. The van der Waals surface area contributed by atoms with Crippen LogP contribution in [0.4, 0.5) is 18.4 Å². The summed E-state index contributed by atoms with van der Waals surface area (Å²) in [4.78, 5) is 24.9. The van der Waals surface area contributed by atoms with Crippen LogP contribution in [0.3, 0.4) is 0 Å². The lowest BCUT2D eigenvalue weighted by atomic mass is 10.1. The van der Waals surface area contributed by atoms with E-state index in [-0.39, 0.29) is 6.61 Å². The van der Waals surface area contributed by atoms with E-state index in [0.717, 1.165) is 44.7 Å². The Labute approximate surface area is 230 Å². The number of carbonyl (C=O) groups is 2. The molecule has 0 aromatic heterocycles. The summed E-state index contributed by atoms with van der Waals surface area (Å²) < 4.78 is 38.6. The van der Waals surface area contributed by atoms with Gasteiger partial charge in [0.1, 0.15) is 12.3 Å². The van der Waals surface area contributed by atoms with Gasteiger partial charge in [-0.2, -0.15) is 8.78 Å². The predicted octanol–water partition coefficient (Wildman–Crippen LogP) is 5.10. The molecular weight excluding hydrogens is 512 g/mol. The van der Waals surface area contributed by atoms with Crippen LogP contribution < -0.4 is 10.6 Å². The van der Waals surface area contributed by atoms with Crippen molar-refractivity contribution in [1.82, 2.24) is 15.5 Å². The van der Waals surface area contributed by atoms with Crippen LogP contribution in [0.15, 0.2) is 36.6 Å². The SMILES string of the molecule is CCCCC/C=C\C/C=C\CCCCCCCCOC(=O)NC1C=CN([C@@H]2O[C@H](CO)[C@@H](O)C2(F)F)C(=O)N1. The molecule has 1 unspecified atom stereocenters. The van der Waals surface area contributed by atoms with Crippen molar-refractivity contribution in [3.05, 3.63) is 36.6 Å². The van der Waals surface area contributed by atoms with Crippen molar-refractivity contribution in [3.8, 4) is 0 Å². The van der Waals surface area contributed by atoms with Gasteiger partial charge in [-0.25, -0.2) is 9.59 Å². The second kappa shape index (κ2) is 18.0. The van der Waals surface area contributed by atoms with Gasteiger partial charge in [-0.15, -0.1) is 0 Å². The molecule has 4 N–H and O–H groups in total. The Morgan fingerprint density at radius 2 is 1.74 bits per heavy atom. The molecule has 1 saturated heterocycles. The molecule has 11 heteroatoms. The lowest BCUT2D eigenvalue weighted by Crippen LogP contribution is -2.58. The van der Waals surface area contributed by atoms with Crippen LogP contribution in [0.25, 0.3) is 0 Å². The highest BCUT2D eigenvalue weighted by atomic mass is 19.3. The average Bonchev–Trinajstić information content (AvgIpc) is 3.14. The summed E-state index contributed by atoms with van der Waals surface area (Å²) in [7, 11) is 0. The number of amides is 3. The maximum Gasteiger partial charge on any atom is 0.409 e. The van der Waals surface area contributed by atoms with E-state index in [0.29, 0.717) is 4.90 Å². The molecule has 3 amide bonds. The normalized spacial score (nSPS) is 24.5. The van der Waals surface area contributed by atoms with Gasteiger partial charge in [-0.3, -0.25) is 10.2 Å². The number of hydrogen-bond donors (Lipinski definition) is 4. The number of rotatable bonds is 18. The largest absolute Gasteiger partial charge is 0.450 e. The molecule has 0 saturated carbocycles. The molecule has 0 radical (unpaired) electrons. The van der Waals surface area contributed by atoms with Crippen molar-refractivity contribution in [1.29, 1.82) is 0 Å². The molecule has 0 aliphatic carbocycles. The Morgan fingerprint density at radius 3 is 2.36 bits per heavy atom. The van der Waals surface area contributed by atoms with E-state index in [1.54, 1.807) is 0 Å². The molecule has 2 rings (SSSR count). The lowest BCUT2D eigenvalue weighted by molar-refractivity contribution is -0.145. The van der Waals surface area contributed by atoms with Crippen molar-refractivity contribution in [2.24, 2.45) is 0 Å². The van der Waals surface area contributed by atoms with Gasteiger partial charge in [0.05, 0.1) is 13.2 Å². The van der Waals surface area contributed by atoms with Gasteiger partial charge < -0.3 is 25.0 Å². The highest BCUT2D eigenvalue weighted by Crippen LogP contribution is 2.38. The Bertz CT molecular complexity index is 823. The quantitative estimate of drug-likeness (QED) is 0.137. The minimum absolute atomic E-state index is 0.236. The van der Waals surface area contributed by atoms with Crippen LogP contribution >= 0.6 is 0 Å². The zero-order valence-electron chi connectivity index (χ0n) is 22.9.